The SMILES string of the molecule is Cc1ccc(S(=O)(=O)Nc2ccccc2C(=O)O)cc1[N+](=O)[O-]. The lowest BCUT2D eigenvalue weighted by molar-refractivity contribution is -0.385. The molecule has 2 rings (SSSR count). The Bertz CT molecular complexity index is 892. The molecular weight excluding hydrogens is 324 g/mol. The number of carbonyl (C=O) groups is 1. The second-order valence-electron chi connectivity index (χ2n) is 4.66. The summed E-state index contributed by atoms with van der Waals surface area (Å²) in [6, 6.07) is 8.94. The van der Waals surface area contributed by atoms with E-state index in [0.29, 0.717) is 5.56 Å². The molecule has 0 aliphatic heterocycles. The molecule has 120 valence electrons. The van der Waals surface area contributed by atoms with Gasteiger partial charge in [0, 0.05) is 11.6 Å². The van der Waals surface area contributed by atoms with Gasteiger partial charge in [0.2, 0.25) is 0 Å². The van der Waals surface area contributed by atoms with E-state index >= 15 is 0 Å². The Morgan fingerprint density at radius 2 is 1.87 bits per heavy atom. The number of sulfonamides is 1. The number of nitrogens with zero attached hydrogens (tertiary/aromatic N) is 1. The summed E-state index contributed by atoms with van der Waals surface area (Å²) >= 11 is 0. The number of rotatable bonds is 5. The van der Waals surface area contributed by atoms with Crippen LogP contribution >= 0.6 is 0 Å². The van der Waals surface area contributed by atoms with E-state index in [1.165, 1.54) is 43.3 Å². The van der Waals surface area contributed by atoms with E-state index in [4.69, 9.17) is 5.11 Å². The lowest BCUT2D eigenvalue weighted by Gasteiger charge is -2.10. The van der Waals surface area contributed by atoms with Crippen molar-refractivity contribution in [3.63, 3.8) is 0 Å². The molecule has 0 saturated heterocycles. The van der Waals surface area contributed by atoms with Crippen LogP contribution in [0.15, 0.2) is 47.4 Å². The van der Waals surface area contributed by atoms with Crippen LogP contribution in [-0.4, -0.2) is 24.4 Å². The fraction of sp³-hybridized carbons (Fsp3) is 0.0714. The monoisotopic (exact) mass is 336 g/mol. The number of aromatic carboxylic acids is 1. The average Bonchev–Trinajstić information content (AvgIpc) is 2.47. The number of nitrogens with one attached hydrogen (secondary N) is 1. The van der Waals surface area contributed by atoms with Crippen LogP contribution in [0.1, 0.15) is 15.9 Å². The van der Waals surface area contributed by atoms with Crippen LogP contribution in [0.25, 0.3) is 0 Å². The van der Waals surface area contributed by atoms with E-state index in [-0.39, 0.29) is 21.8 Å². The lowest BCUT2D eigenvalue weighted by Crippen LogP contribution is -2.15. The quantitative estimate of drug-likeness (QED) is 0.637. The largest absolute Gasteiger partial charge is 0.478 e. The highest BCUT2D eigenvalue weighted by molar-refractivity contribution is 7.92. The molecule has 0 amide bonds. The van der Waals surface area contributed by atoms with Gasteiger partial charge in [0.25, 0.3) is 15.7 Å². The molecule has 0 heterocycles. The van der Waals surface area contributed by atoms with Gasteiger partial charge in [-0.3, -0.25) is 14.8 Å². The second-order valence-corrected chi connectivity index (χ2v) is 6.34. The summed E-state index contributed by atoms with van der Waals surface area (Å²) < 4.78 is 26.8. The van der Waals surface area contributed by atoms with Gasteiger partial charge in [0.15, 0.2) is 0 Å². The number of para-hydroxylation sites is 1. The van der Waals surface area contributed by atoms with Gasteiger partial charge in [0.1, 0.15) is 0 Å². The number of carboxylic acid groups (broad SMARTS) is 1. The molecule has 23 heavy (non-hydrogen) atoms. The molecule has 2 aromatic carbocycles. The lowest BCUT2D eigenvalue weighted by atomic mass is 10.2. The minimum absolute atomic E-state index is 0.122. The fourth-order valence-corrected chi connectivity index (χ4v) is 3.01. The first-order valence-corrected chi connectivity index (χ1v) is 7.81. The number of aryl methyl sites for hydroxylation is 1. The van der Waals surface area contributed by atoms with Gasteiger partial charge in [-0.15, -0.1) is 0 Å². The summed E-state index contributed by atoms with van der Waals surface area (Å²) in [5, 5.41) is 20.0. The highest BCUT2D eigenvalue weighted by Crippen LogP contribution is 2.25. The Balaban J connectivity index is 2.47. The van der Waals surface area contributed by atoms with Gasteiger partial charge in [-0.2, -0.15) is 0 Å². The maximum atomic E-state index is 12.3. The molecule has 0 saturated carbocycles. The van der Waals surface area contributed by atoms with Crippen LogP contribution in [0.3, 0.4) is 0 Å². The zero-order valence-electron chi connectivity index (χ0n) is 11.9. The number of hydrogen-bond acceptors (Lipinski definition) is 5. The average molecular weight is 336 g/mol. The highest BCUT2D eigenvalue weighted by atomic mass is 32.2. The summed E-state index contributed by atoms with van der Waals surface area (Å²) in [7, 11) is -4.16. The Hall–Kier alpha value is -2.94. The minimum Gasteiger partial charge on any atom is -0.478 e. The third-order valence-corrected chi connectivity index (χ3v) is 4.45. The molecule has 0 fully saturated rings. The maximum Gasteiger partial charge on any atom is 0.337 e. The summed E-state index contributed by atoms with van der Waals surface area (Å²) in [5.74, 6) is -1.29. The van der Waals surface area contributed by atoms with E-state index < -0.39 is 20.9 Å². The molecule has 2 N–H and O–H groups in total. The number of benzene rings is 2. The molecule has 0 aliphatic rings. The fourth-order valence-electron chi connectivity index (χ4n) is 1.92. The van der Waals surface area contributed by atoms with Gasteiger partial charge >= 0.3 is 5.97 Å². The van der Waals surface area contributed by atoms with E-state index in [9.17, 15) is 23.3 Å². The van der Waals surface area contributed by atoms with Crippen LogP contribution in [-0.2, 0) is 10.0 Å². The molecule has 2 aromatic rings. The van der Waals surface area contributed by atoms with Crippen molar-refractivity contribution in [3.05, 3.63) is 63.7 Å². The molecule has 0 atom stereocenters. The third kappa shape index (κ3) is 3.46. The number of carboxylic acids is 1. The molecule has 0 spiro atoms. The zero-order chi connectivity index (χ0) is 17.2. The predicted octanol–water partition coefficient (Wildman–Crippen LogP) is 2.40. The number of nitro benzene ring substituents is 1. The van der Waals surface area contributed by atoms with Gasteiger partial charge in [0.05, 0.1) is 21.1 Å². The predicted molar refractivity (Wildman–Crippen MR) is 82.0 cm³/mol. The number of nitro groups is 1. The van der Waals surface area contributed by atoms with Crippen molar-refractivity contribution in [3.8, 4) is 0 Å². The molecular formula is C14H12N2O6S. The van der Waals surface area contributed by atoms with Crippen LogP contribution in [0.5, 0.6) is 0 Å². The number of anilines is 1. The van der Waals surface area contributed by atoms with Crippen molar-refractivity contribution in [2.24, 2.45) is 0 Å². The van der Waals surface area contributed by atoms with Crippen LogP contribution in [0.4, 0.5) is 11.4 Å². The first-order chi connectivity index (χ1) is 10.7. The van der Waals surface area contributed by atoms with Crippen molar-refractivity contribution in [1.29, 1.82) is 0 Å². The van der Waals surface area contributed by atoms with Gasteiger partial charge in [-0.05, 0) is 25.1 Å². The van der Waals surface area contributed by atoms with Crippen molar-refractivity contribution >= 4 is 27.4 Å². The van der Waals surface area contributed by atoms with E-state index in [2.05, 4.69) is 4.72 Å². The first-order valence-electron chi connectivity index (χ1n) is 6.32. The van der Waals surface area contributed by atoms with E-state index in [1.807, 2.05) is 0 Å². The topological polar surface area (TPSA) is 127 Å². The summed E-state index contributed by atoms with van der Waals surface area (Å²) in [4.78, 5) is 21.0. The Labute approximate surface area is 131 Å². The Morgan fingerprint density at radius 1 is 1.22 bits per heavy atom. The molecule has 0 bridgehead atoms. The smallest absolute Gasteiger partial charge is 0.337 e. The van der Waals surface area contributed by atoms with Gasteiger partial charge < -0.3 is 5.11 Å². The standard InChI is InChI=1S/C14H12N2O6S/c1-9-6-7-10(8-13(9)16(19)20)23(21,22)15-12-5-3-2-4-11(12)14(17)18/h2-8,15H,1H3,(H,17,18). The van der Waals surface area contributed by atoms with Crippen molar-refractivity contribution in [2.75, 3.05) is 4.72 Å². The molecule has 8 nitrogen and oxygen atoms in total. The van der Waals surface area contributed by atoms with E-state index in [1.54, 1.807) is 0 Å². The third-order valence-electron chi connectivity index (χ3n) is 3.09. The Morgan fingerprint density at radius 3 is 2.48 bits per heavy atom. The summed E-state index contributed by atoms with van der Waals surface area (Å²) in [6.45, 7) is 1.49. The summed E-state index contributed by atoms with van der Waals surface area (Å²) in [5.41, 5.74) is -0.361. The van der Waals surface area contributed by atoms with Crippen molar-refractivity contribution < 1.29 is 23.2 Å². The first kappa shape index (κ1) is 16.4. The minimum atomic E-state index is -4.16. The molecule has 9 heteroatoms. The highest BCUT2D eigenvalue weighted by Gasteiger charge is 2.21. The molecule has 0 radical (unpaired) electrons. The maximum absolute atomic E-state index is 12.3. The van der Waals surface area contributed by atoms with Crippen molar-refractivity contribution in [1.82, 2.24) is 0 Å². The van der Waals surface area contributed by atoms with Crippen molar-refractivity contribution in [2.45, 2.75) is 11.8 Å². The zero-order valence-corrected chi connectivity index (χ0v) is 12.7. The van der Waals surface area contributed by atoms with Crippen LogP contribution < -0.4 is 4.72 Å². The van der Waals surface area contributed by atoms with E-state index in [0.717, 1.165) is 6.07 Å². The number of hydrogen-bond donors (Lipinski definition) is 2. The van der Waals surface area contributed by atoms with Gasteiger partial charge in [-0.1, -0.05) is 18.2 Å². The molecule has 0 aromatic heterocycles. The molecule has 0 aliphatic carbocycles. The molecule has 0 unspecified atom stereocenters. The van der Waals surface area contributed by atoms with Crippen LogP contribution in [0, 0.1) is 17.0 Å². The van der Waals surface area contributed by atoms with Crippen LogP contribution in [0.2, 0.25) is 0 Å². The summed E-state index contributed by atoms with van der Waals surface area (Å²) in [6.07, 6.45) is 0. The second kappa shape index (κ2) is 6.05. The Kier molecular flexibility index (Phi) is 4.32. The normalized spacial score (nSPS) is 11.0. The van der Waals surface area contributed by atoms with Gasteiger partial charge in [-0.25, -0.2) is 13.2 Å².